The summed E-state index contributed by atoms with van der Waals surface area (Å²) in [6.45, 7) is 5.01. The van der Waals surface area contributed by atoms with Crippen LogP contribution in [0, 0.1) is 10.1 Å². The third kappa shape index (κ3) is 6.54. The molecule has 34 heavy (non-hydrogen) atoms. The first kappa shape index (κ1) is 25.2. The molecule has 1 fully saturated rings. The number of benzene rings is 2. The number of carbonyl (C=O) groups is 2. The highest BCUT2D eigenvalue weighted by atomic mass is 16.6. The van der Waals surface area contributed by atoms with Gasteiger partial charge in [0, 0.05) is 32.2 Å². The number of hydrogen-bond donors (Lipinski definition) is 2. The molecular weight excluding hydrogens is 434 g/mol. The van der Waals surface area contributed by atoms with Crippen LogP contribution in [0.4, 0.5) is 11.4 Å². The highest BCUT2D eigenvalue weighted by Crippen LogP contribution is 2.28. The van der Waals surface area contributed by atoms with Gasteiger partial charge in [0.1, 0.15) is 11.7 Å². The van der Waals surface area contributed by atoms with Crippen LogP contribution in [0.3, 0.4) is 0 Å². The maximum absolute atomic E-state index is 13.4. The molecule has 1 atom stereocenters. The van der Waals surface area contributed by atoms with E-state index >= 15 is 0 Å². The minimum Gasteiger partial charge on any atom is -0.362 e. The number of aryl methyl sites for hydroxylation is 1. The molecule has 9 nitrogen and oxygen atoms in total. The number of nitrogens with two attached hydrogens (primary N) is 1. The number of amides is 2. The van der Waals surface area contributed by atoms with Crippen LogP contribution in [0.5, 0.6) is 0 Å². The van der Waals surface area contributed by atoms with Crippen molar-refractivity contribution in [2.45, 2.75) is 44.7 Å². The summed E-state index contributed by atoms with van der Waals surface area (Å²) in [5, 5.41) is 14.2. The first-order chi connectivity index (χ1) is 16.2. The molecule has 182 valence electrons. The Balaban J connectivity index is 1.64. The van der Waals surface area contributed by atoms with Crippen molar-refractivity contribution >= 4 is 23.2 Å². The molecule has 3 rings (SSSR count). The Hall–Kier alpha value is -3.46. The lowest BCUT2D eigenvalue weighted by atomic mass is 10.0. The maximum atomic E-state index is 13.4. The standard InChI is InChI=1S/C25H33N5O4/c1-25(2,26)24(32)27-20(12-8-11-19-9-4-3-5-10-19)23(31)29-17-15-28(16-18-29)21-13-6-7-14-22(21)30(33)34/h3-7,9-10,13-14,20H,8,11-12,15-18,26H2,1-2H3,(H,27,32). The van der Waals surface area contributed by atoms with E-state index in [-0.39, 0.29) is 22.4 Å². The van der Waals surface area contributed by atoms with Gasteiger partial charge >= 0.3 is 0 Å². The molecule has 2 amide bonds. The molecule has 2 aromatic rings. The number of carbonyl (C=O) groups excluding carboxylic acids is 2. The predicted molar refractivity (Wildman–Crippen MR) is 131 cm³/mol. The highest BCUT2D eigenvalue weighted by molar-refractivity contribution is 5.91. The zero-order valence-corrected chi connectivity index (χ0v) is 19.8. The monoisotopic (exact) mass is 467 g/mol. The predicted octanol–water partition coefficient (Wildman–Crippen LogP) is 2.49. The molecule has 0 aromatic heterocycles. The van der Waals surface area contributed by atoms with E-state index in [1.165, 1.54) is 11.6 Å². The van der Waals surface area contributed by atoms with Gasteiger partial charge in [0.2, 0.25) is 11.8 Å². The fraction of sp³-hybridized carbons (Fsp3) is 0.440. The van der Waals surface area contributed by atoms with Crippen LogP contribution in [0.15, 0.2) is 54.6 Å². The second kappa shape index (κ2) is 11.1. The summed E-state index contributed by atoms with van der Waals surface area (Å²) in [4.78, 5) is 40.6. The molecule has 0 saturated carbocycles. The van der Waals surface area contributed by atoms with Gasteiger partial charge in [-0.05, 0) is 44.7 Å². The van der Waals surface area contributed by atoms with Crippen molar-refractivity contribution < 1.29 is 14.5 Å². The van der Waals surface area contributed by atoms with E-state index in [1.54, 1.807) is 36.9 Å². The third-order valence-electron chi connectivity index (χ3n) is 6.00. The highest BCUT2D eigenvalue weighted by Gasteiger charge is 2.32. The van der Waals surface area contributed by atoms with Crippen LogP contribution < -0.4 is 16.0 Å². The van der Waals surface area contributed by atoms with Crippen LogP contribution >= 0.6 is 0 Å². The summed E-state index contributed by atoms with van der Waals surface area (Å²) >= 11 is 0. The normalized spacial score (nSPS) is 15.0. The van der Waals surface area contributed by atoms with Gasteiger partial charge in [0.15, 0.2) is 0 Å². The van der Waals surface area contributed by atoms with Crippen LogP contribution in [-0.2, 0) is 16.0 Å². The van der Waals surface area contributed by atoms with Crippen molar-refractivity contribution in [1.82, 2.24) is 10.2 Å². The Kier molecular flexibility index (Phi) is 8.22. The van der Waals surface area contributed by atoms with Crippen molar-refractivity contribution in [2.75, 3.05) is 31.1 Å². The van der Waals surface area contributed by atoms with Crippen molar-refractivity contribution in [3.8, 4) is 0 Å². The van der Waals surface area contributed by atoms with Gasteiger partial charge in [-0.1, -0.05) is 42.5 Å². The van der Waals surface area contributed by atoms with Crippen LogP contribution in [0.1, 0.15) is 32.3 Å². The Morgan fingerprint density at radius 1 is 1.06 bits per heavy atom. The lowest BCUT2D eigenvalue weighted by molar-refractivity contribution is -0.384. The molecule has 9 heteroatoms. The summed E-state index contributed by atoms with van der Waals surface area (Å²) in [6, 6.07) is 16.0. The van der Waals surface area contributed by atoms with E-state index in [0.717, 1.165) is 12.8 Å². The van der Waals surface area contributed by atoms with Gasteiger partial charge in [-0.15, -0.1) is 0 Å². The smallest absolute Gasteiger partial charge is 0.292 e. The molecule has 1 unspecified atom stereocenters. The van der Waals surface area contributed by atoms with Crippen LogP contribution in [-0.4, -0.2) is 59.4 Å². The first-order valence-corrected chi connectivity index (χ1v) is 11.6. The van der Waals surface area contributed by atoms with Gasteiger partial charge in [0.25, 0.3) is 5.69 Å². The number of rotatable bonds is 9. The molecular formula is C25H33N5O4. The second-order valence-corrected chi connectivity index (χ2v) is 9.18. The molecule has 0 aliphatic carbocycles. The number of nitro benzene ring substituents is 1. The largest absolute Gasteiger partial charge is 0.362 e. The number of nitro groups is 1. The number of piperazine rings is 1. The van der Waals surface area contributed by atoms with Gasteiger partial charge in [-0.3, -0.25) is 19.7 Å². The van der Waals surface area contributed by atoms with E-state index < -0.39 is 11.6 Å². The lowest BCUT2D eigenvalue weighted by Crippen LogP contribution is -2.58. The van der Waals surface area contributed by atoms with Crippen molar-refractivity contribution in [3.63, 3.8) is 0 Å². The van der Waals surface area contributed by atoms with E-state index in [0.29, 0.717) is 38.3 Å². The lowest BCUT2D eigenvalue weighted by Gasteiger charge is -2.37. The Bertz CT molecular complexity index is 998. The average Bonchev–Trinajstić information content (AvgIpc) is 2.83. The van der Waals surface area contributed by atoms with E-state index in [1.807, 2.05) is 35.2 Å². The molecule has 1 heterocycles. The third-order valence-corrected chi connectivity index (χ3v) is 6.00. The van der Waals surface area contributed by atoms with Crippen molar-refractivity contribution in [3.05, 3.63) is 70.3 Å². The number of anilines is 1. The molecule has 3 N–H and O–H groups in total. The van der Waals surface area contributed by atoms with Gasteiger partial charge < -0.3 is 20.9 Å². The second-order valence-electron chi connectivity index (χ2n) is 9.18. The molecule has 1 aliphatic rings. The summed E-state index contributed by atoms with van der Waals surface area (Å²) in [5.74, 6) is -0.517. The zero-order chi connectivity index (χ0) is 24.7. The fourth-order valence-corrected chi connectivity index (χ4v) is 4.03. The summed E-state index contributed by atoms with van der Waals surface area (Å²) in [7, 11) is 0. The number of nitrogens with zero attached hydrogens (tertiary/aromatic N) is 3. The molecule has 0 radical (unpaired) electrons. The van der Waals surface area contributed by atoms with Crippen molar-refractivity contribution in [1.29, 1.82) is 0 Å². The van der Waals surface area contributed by atoms with Gasteiger partial charge in [-0.2, -0.15) is 0 Å². The fourth-order valence-electron chi connectivity index (χ4n) is 4.03. The molecule has 1 aliphatic heterocycles. The number of para-hydroxylation sites is 2. The maximum Gasteiger partial charge on any atom is 0.292 e. The SMILES string of the molecule is CC(C)(N)C(=O)NC(CCCc1ccccc1)C(=O)N1CCN(c2ccccc2[N+](=O)[O-])CC1. The molecule has 0 spiro atoms. The quantitative estimate of drug-likeness (QED) is 0.432. The van der Waals surface area contributed by atoms with E-state index in [9.17, 15) is 19.7 Å². The minimum atomic E-state index is -1.09. The Labute approximate surface area is 200 Å². The summed E-state index contributed by atoms with van der Waals surface area (Å²) in [5.41, 5.74) is 6.64. The number of nitrogens with one attached hydrogen (secondary N) is 1. The summed E-state index contributed by atoms with van der Waals surface area (Å²) in [6.07, 6.45) is 2.04. The zero-order valence-electron chi connectivity index (χ0n) is 19.8. The Morgan fingerprint density at radius 2 is 1.68 bits per heavy atom. The van der Waals surface area contributed by atoms with E-state index in [2.05, 4.69) is 5.32 Å². The van der Waals surface area contributed by atoms with E-state index in [4.69, 9.17) is 5.73 Å². The molecule has 0 bridgehead atoms. The van der Waals surface area contributed by atoms with Gasteiger partial charge in [-0.25, -0.2) is 0 Å². The minimum absolute atomic E-state index is 0.0542. The average molecular weight is 468 g/mol. The molecule has 1 saturated heterocycles. The van der Waals surface area contributed by atoms with Crippen LogP contribution in [0.25, 0.3) is 0 Å². The van der Waals surface area contributed by atoms with Crippen LogP contribution in [0.2, 0.25) is 0 Å². The van der Waals surface area contributed by atoms with Gasteiger partial charge in [0.05, 0.1) is 10.5 Å². The number of hydrogen-bond acceptors (Lipinski definition) is 6. The summed E-state index contributed by atoms with van der Waals surface area (Å²) < 4.78 is 0. The topological polar surface area (TPSA) is 122 Å². The Morgan fingerprint density at radius 3 is 2.29 bits per heavy atom. The van der Waals surface area contributed by atoms with Crippen molar-refractivity contribution in [2.24, 2.45) is 5.73 Å². The molecule has 2 aromatic carbocycles. The first-order valence-electron chi connectivity index (χ1n) is 11.6.